The second kappa shape index (κ2) is 9.03. The number of benzene rings is 1. The topological polar surface area (TPSA) is 108 Å². The van der Waals surface area contributed by atoms with E-state index < -0.39 is 18.0 Å². The van der Waals surface area contributed by atoms with Crippen LogP contribution < -0.4 is 20.9 Å². The van der Waals surface area contributed by atoms with Gasteiger partial charge in [0.2, 0.25) is 5.91 Å². The fraction of sp³-hybridized carbons (Fsp3) is 0.381. The van der Waals surface area contributed by atoms with Crippen molar-refractivity contribution < 1.29 is 23.5 Å². The van der Waals surface area contributed by atoms with Crippen molar-refractivity contribution in [1.82, 2.24) is 10.2 Å². The zero-order valence-electron chi connectivity index (χ0n) is 17.5. The number of thiophene rings is 1. The molecule has 2 saturated heterocycles. The highest BCUT2D eigenvalue weighted by molar-refractivity contribution is 7.17. The molecule has 32 heavy (non-hydrogen) atoms. The number of nitrogens with zero attached hydrogens (tertiary/aromatic N) is 3. The number of halogens is 1. The molecule has 2 fully saturated rings. The smallest absolute Gasteiger partial charge is 0.414 e. The van der Waals surface area contributed by atoms with E-state index in [2.05, 4.69) is 5.32 Å². The molecule has 1 atom stereocenters. The summed E-state index contributed by atoms with van der Waals surface area (Å²) in [6.07, 6.45) is -1.06. The summed E-state index contributed by atoms with van der Waals surface area (Å²) in [4.78, 5) is 41.4. The fourth-order valence-corrected chi connectivity index (χ4v) is 4.53. The Kier molecular flexibility index (Phi) is 6.17. The van der Waals surface area contributed by atoms with Crippen molar-refractivity contribution in [1.29, 1.82) is 0 Å². The molecule has 2 aliphatic rings. The van der Waals surface area contributed by atoms with Gasteiger partial charge in [0, 0.05) is 33.1 Å². The molecule has 0 saturated carbocycles. The summed E-state index contributed by atoms with van der Waals surface area (Å²) < 4.78 is 20.2. The van der Waals surface area contributed by atoms with Gasteiger partial charge in [-0.05, 0) is 30.3 Å². The van der Waals surface area contributed by atoms with Crippen LogP contribution in [0.5, 0.6) is 0 Å². The third-order valence-corrected chi connectivity index (χ3v) is 6.34. The highest BCUT2D eigenvalue weighted by atomic mass is 32.1. The normalized spacial score (nSPS) is 18.6. The van der Waals surface area contributed by atoms with Crippen LogP contribution in [0.15, 0.2) is 30.3 Å². The number of carbonyl (C=O) groups is 3. The van der Waals surface area contributed by atoms with Crippen LogP contribution in [0.3, 0.4) is 0 Å². The van der Waals surface area contributed by atoms with Gasteiger partial charge in [-0.25, -0.2) is 9.18 Å². The molecule has 1 aromatic heterocycles. The van der Waals surface area contributed by atoms with E-state index in [9.17, 15) is 18.8 Å². The quantitative estimate of drug-likeness (QED) is 0.704. The average molecular weight is 462 g/mol. The van der Waals surface area contributed by atoms with Gasteiger partial charge in [0.05, 0.1) is 34.3 Å². The number of amides is 3. The number of piperazine rings is 1. The van der Waals surface area contributed by atoms with Crippen molar-refractivity contribution in [2.24, 2.45) is 0 Å². The van der Waals surface area contributed by atoms with Gasteiger partial charge >= 0.3 is 6.09 Å². The van der Waals surface area contributed by atoms with E-state index in [1.165, 1.54) is 29.2 Å². The molecule has 0 spiro atoms. The Bertz CT molecular complexity index is 1040. The Balaban J connectivity index is 1.37. The highest BCUT2D eigenvalue weighted by Gasteiger charge is 2.33. The van der Waals surface area contributed by atoms with Crippen molar-refractivity contribution in [3.05, 3.63) is 41.0 Å². The summed E-state index contributed by atoms with van der Waals surface area (Å²) in [6, 6.07) is 8.05. The molecule has 2 aliphatic heterocycles. The Morgan fingerprint density at radius 1 is 1.22 bits per heavy atom. The molecule has 3 heterocycles. The van der Waals surface area contributed by atoms with Crippen molar-refractivity contribution in [2.45, 2.75) is 13.0 Å². The van der Waals surface area contributed by atoms with Crippen LogP contribution in [0.2, 0.25) is 0 Å². The van der Waals surface area contributed by atoms with Gasteiger partial charge in [-0.3, -0.25) is 14.5 Å². The van der Waals surface area contributed by atoms with Crippen molar-refractivity contribution in [2.75, 3.05) is 54.8 Å². The molecular weight excluding hydrogens is 437 g/mol. The number of nitrogen functional groups attached to an aromatic ring is 1. The molecule has 0 aliphatic carbocycles. The summed E-state index contributed by atoms with van der Waals surface area (Å²) in [6.45, 7) is 3.75. The van der Waals surface area contributed by atoms with Crippen LogP contribution in [0, 0.1) is 5.82 Å². The molecule has 11 heteroatoms. The van der Waals surface area contributed by atoms with Gasteiger partial charge in [0.25, 0.3) is 5.91 Å². The van der Waals surface area contributed by atoms with Gasteiger partial charge in [-0.1, -0.05) is 0 Å². The maximum Gasteiger partial charge on any atom is 0.414 e. The molecule has 9 nitrogen and oxygen atoms in total. The largest absolute Gasteiger partial charge is 0.442 e. The highest BCUT2D eigenvalue weighted by Crippen LogP contribution is 2.29. The fourth-order valence-electron chi connectivity index (χ4n) is 3.79. The summed E-state index contributed by atoms with van der Waals surface area (Å²) in [5.41, 5.74) is 6.52. The molecule has 0 bridgehead atoms. The van der Waals surface area contributed by atoms with Crippen LogP contribution in [0.1, 0.15) is 16.6 Å². The lowest BCUT2D eigenvalue weighted by Crippen LogP contribution is -2.48. The third-order valence-electron chi connectivity index (χ3n) is 5.44. The predicted octanol–water partition coefficient (Wildman–Crippen LogP) is 1.89. The number of anilines is 3. The van der Waals surface area contributed by atoms with Crippen molar-refractivity contribution in [3.63, 3.8) is 0 Å². The lowest BCUT2D eigenvalue weighted by molar-refractivity contribution is -0.119. The van der Waals surface area contributed by atoms with Gasteiger partial charge in [-0.15, -0.1) is 11.3 Å². The number of carbonyl (C=O) groups excluding carboxylic acids is 3. The molecule has 4 rings (SSSR count). The van der Waals surface area contributed by atoms with Gasteiger partial charge in [0.15, 0.2) is 0 Å². The number of ether oxygens (including phenoxy) is 1. The minimum atomic E-state index is -0.575. The number of cyclic esters (lactones) is 1. The first-order chi connectivity index (χ1) is 15.3. The summed E-state index contributed by atoms with van der Waals surface area (Å²) in [5, 5.41) is 3.20. The summed E-state index contributed by atoms with van der Waals surface area (Å²) in [5.74, 6) is -0.730. The number of nitrogens with one attached hydrogen (secondary N) is 1. The number of hydrogen-bond donors (Lipinski definition) is 2. The van der Waals surface area contributed by atoms with Crippen LogP contribution in [0.4, 0.5) is 25.6 Å². The molecule has 1 aromatic carbocycles. The first-order valence-electron chi connectivity index (χ1n) is 10.2. The Hall–Kier alpha value is -3.34. The Morgan fingerprint density at radius 2 is 1.97 bits per heavy atom. The molecule has 0 radical (unpaired) electrons. The van der Waals surface area contributed by atoms with Crippen LogP contribution in [0.25, 0.3) is 0 Å². The standard InChI is InChI=1S/C21H24FN5O4S/c1-13(28)24-11-15-12-27(21(30)31-15)14-2-3-17(16(22)10-14)25-6-8-26(9-7-25)20(29)18-4-5-19(23)32-18/h2-5,10,15H,6-9,11-12,23H2,1H3,(H,24,28)/t15-/m0/s1. The van der Waals surface area contributed by atoms with E-state index in [1.54, 1.807) is 29.2 Å². The number of nitrogens with two attached hydrogens (primary N) is 1. The lowest BCUT2D eigenvalue weighted by Gasteiger charge is -2.36. The van der Waals surface area contributed by atoms with E-state index in [4.69, 9.17) is 10.5 Å². The average Bonchev–Trinajstić information content (AvgIpc) is 3.37. The van der Waals surface area contributed by atoms with E-state index in [-0.39, 0.29) is 24.9 Å². The lowest BCUT2D eigenvalue weighted by atomic mass is 10.2. The van der Waals surface area contributed by atoms with Crippen LogP contribution >= 0.6 is 11.3 Å². The molecule has 2 aromatic rings. The van der Waals surface area contributed by atoms with Crippen molar-refractivity contribution >= 4 is 45.6 Å². The number of hydrogen-bond acceptors (Lipinski definition) is 7. The van der Waals surface area contributed by atoms with Crippen LogP contribution in [-0.4, -0.2) is 68.2 Å². The molecule has 0 unspecified atom stereocenters. The second-order valence-corrected chi connectivity index (χ2v) is 8.79. The molecule has 170 valence electrons. The second-order valence-electron chi connectivity index (χ2n) is 7.67. The minimum absolute atomic E-state index is 0.0662. The SMILES string of the molecule is CC(=O)NC[C@H]1CN(c2ccc(N3CCN(C(=O)c4ccc(N)s4)CC3)c(F)c2)C(=O)O1. The predicted molar refractivity (Wildman–Crippen MR) is 120 cm³/mol. The monoisotopic (exact) mass is 461 g/mol. The maximum absolute atomic E-state index is 14.9. The summed E-state index contributed by atoms with van der Waals surface area (Å²) >= 11 is 1.26. The molecule has 3 N–H and O–H groups in total. The van der Waals surface area contributed by atoms with Gasteiger partial charge in [0.1, 0.15) is 11.9 Å². The maximum atomic E-state index is 14.9. The van der Waals surface area contributed by atoms with Crippen molar-refractivity contribution in [3.8, 4) is 0 Å². The van der Waals surface area contributed by atoms with E-state index in [1.807, 2.05) is 4.90 Å². The molecular formula is C21H24FN5O4S. The van der Waals surface area contributed by atoms with Gasteiger partial charge in [-0.2, -0.15) is 0 Å². The minimum Gasteiger partial charge on any atom is -0.442 e. The van der Waals surface area contributed by atoms with Crippen LogP contribution in [-0.2, 0) is 9.53 Å². The third kappa shape index (κ3) is 4.62. The Morgan fingerprint density at radius 3 is 2.59 bits per heavy atom. The zero-order chi connectivity index (χ0) is 22.8. The van der Waals surface area contributed by atoms with E-state index >= 15 is 0 Å². The van der Waals surface area contributed by atoms with Gasteiger partial charge < -0.3 is 25.6 Å². The first-order valence-corrected chi connectivity index (χ1v) is 11.0. The van der Waals surface area contributed by atoms with E-state index in [0.29, 0.717) is 47.4 Å². The molecule has 3 amide bonds. The van der Waals surface area contributed by atoms with E-state index in [0.717, 1.165) is 0 Å². The zero-order valence-corrected chi connectivity index (χ0v) is 18.4. The Labute approximate surface area is 188 Å². The first kappa shape index (κ1) is 21.9. The summed E-state index contributed by atoms with van der Waals surface area (Å²) in [7, 11) is 0. The number of rotatable bonds is 5.